The molecule has 2 aromatic rings. The van der Waals surface area contributed by atoms with Gasteiger partial charge in [-0.1, -0.05) is 18.2 Å². The van der Waals surface area contributed by atoms with Gasteiger partial charge in [0.15, 0.2) is 11.5 Å². The minimum Gasteiger partial charge on any atom is -0.496 e. The average molecular weight is 360 g/mol. The van der Waals surface area contributed by atoms with Crippen molar-refractivity contribution in [2.45, 2.75) is 6.42 Å². The zero-order valence-electron chi connectivity index (χ0n) is 15.4. The second kappa shape index (κ2) is 9.41. The highest BCUT2D eigenvalue weighted by molar-refractivity contribution is 5.90. The molecule has 0 atom stereocenters. The van der Waals surface area contributed by atoms with E-state index in [1.165, 1.54) is 21.3 Å². The lowest BCUT2D eigenvalue weighted by atomic mass is 10.1. The zero-order valence-corrected chi connectivity index (χ0v) is 15.4. The van der Waals surface area contributed by atoms with Gasteiger partial charge in [0.25, 0.3) is 0 Å². The standard InChI is InChI=1S/C19H24N2O5/c1-23-15-8-6-5-7-13(15)9-10-20-19(22)21-14-11-16(24-2)18(26-4)17(12-14)25-3/h5-8,11-12H,9-10H2,1-4H3,(H2,20,21,22). The van der Waals surface area contributed by atoms with Crippen LogP contribution in [0.1, 0.15) is 5.56 Å². The quantitative estimate of drug-likeness (QED) is 0.756. The van der Waals surface area contributed by atoms with Crippen LogP contribution in [0.5, 0.6) is 23.0 Å². The number of para-hydroxylation sites is 1. The Labute approximate surface area is 153 Å². The molecular formula is C19H24N2O5. The Morgan fingerprint density at radius 1 is 0.885 bits per heavy atom. The topological polar surface area (TPSA) is 78.1 Å². The van der Waals surface area contributed by atoms with Crippen LogP contribution in [0, 0.1) is 0 Å². The van der Waals surface area contributed by atoms with E-state index >= 15 is 0 Å². The fourth-order valence-corrected chi connectivity index (χ4v) is 2.55. The SMILES string of the molecule is COc1ccccc1CCNC(=O)Nc1cc(OC)c(OC)c(OC)c1. The molecule has 2 aromatic carbocycles. The summed E-state index contributed by atoms with van der Waals surface area (Å²) in [6.45, 7) is 0.469. The summed E-state index contributed by atoms with van der Waals surface area (Å²) in [5.74, 6) is 2.21. The van der Waals surface area contributed by atoms with Crippen LogP contribution in [0.15, 0.2) is 36.4 Å². The molecule has 0 heterocycles. The van der Waals surface area contributed by atoms with Crippen molar-refractivity contribution >= 4 is 11.7 Å². The van der Waals surface area contributed by atoms with Crippen LogP contribution in [-0.4, -0.2) is 41.0 Å². The maximum absolute atomic E-state index is 12.1. The number of ether oxygens (including phenoxy) is 4. The molecule has 0 fully saturated rings. The van der Waals surface area contributed by atoms with Gasteiger partial charge in [0, 0.05) is 18.7 Å². The van der Waals surface area contributed by atoms with Gasteiger partial charge in [0.2, 0.25) is 5.75 Å². The Morgan fingerprint density at radius 3 is 2.08 bits per heavy atom. The summed E-state index contributed by atoms with van der Waals surface area (Å²) in [6, 6.07) is 10.7. The first-order valence-corrected chi connectivity index (χ1v) is 8.09. The van der Waals surface area contributed by atoms with Gasteiger partial charge < -0.3 is 29.6 Å². The summed E-state index contributed by atoms with van der Waals surface area (Å²) in [6.07, 6.45) is 0.659. The maximum atomic E-state index is 12.1. The van der Waals surface area contributed by atoms with E-state index in [9.17, 15) is 4.79 Å². The first-order valence-electron chi connectivity index (χ1n) is 8.09. The van der Waals surface area contributed by atoms with Crippen LogP contribution in [-0.2, 0) is 6.42 Å². The smallest absolute Gasteiger partial charge is 0.319 e. The van der Waals surface area contributed by atoms with E-state index in [1.807, 2.05) is 24.3 Å². The fourth-order valence-electron chi connectivity index (χ4n) is 2.55. The molecule has 0 saturated heterocycles. The molecule has 0 radical (unpaired) electrons. The highest BCUT2D eigenvalue weighted by atomic mass is 16.5. The molecule has 0 aliphatic heterocycles. The molecule has 0 aliphatic rings. The van der Waals surface area contributed by atoms with Crippen molar-refractivity contribution in [3.63, 3.8) is 0 Å². The number of urea groups is 1. The molecular weight excluding hydrogens is 336 g/mol. The number of amides is 2. The number of benzene rings is 2. The van der Waals surface area contributed by atoms with Crippen LogP contribution in [0.4, 0.5) is 10.5 Å². The van der Waals surface area contributed by atoms with Gasteiger partial charge in [-0.25, -0.2) is 4.79 Å². The molecule has 2 N–H and O–H groups in total. The van der Waals surface area contributed by atoms with E-state index in [0.29, 0.717) is 35.9 Å². The van der Waals surface area contributed by atoms with E-state index in [2.05, 4.69) is 10.6 Å². The van der Waals surface area contributed by atoms with Crippen LogP contribution >= 0.6 is 0 Å². The number of rotatable bonds is 8. The van der Waals surface area contributed by atoms with Gasteiger partial charge in [-0.05, 0) is 18.1 Å². The summed E-state index contributed by atoms with van der Waals surface area (Å²) in [5.41, 5.74) is 1.57. The average Bonchev–Trinajstić information content (AvgIpc) is 2.67. The van der Waals surface area contributed by atoms with Crippen LogP contribution in [0.2, 0.25) is 0 Å². The molecule has 0 saturated carbocycles. The summed E-state index contributed by atoms with van der Waals surface area (Å²) in [4.78, 5) is 12.1. The van der Waals surface area contributed by atoms with Crippen molar-refractivity contribution in [1.29, 1.82) is 0 Å². The summed E-state index contributed by atoms with van der Waals surface area (Å²) in [7, 11) is 6.20. The van der Waals surface area contributed by atoms with Gasteiger partial charge in [0.1, 0.15) is 5.75 Å². The third-order valence-corrected chi connectivity index (χ3v) is 3.80. The second-order valence-corrected chi connectivity index (χ2v) is 5.36. The van der Waals surface area contributed by atoms with Gasteiger partial charge in [-0.2, -0.15) is 0 Å². The van der Waals surface area contributed by atoms with Crippen molar-refractivity contribution in [3.05, 3.63) is 42.0 Å². The molecule has 7 nitrogen and oxygen atoms in total. The minimum atomic E-state index is -0.325. The molecule has 0 aromatic heterocycles. The number of carbonyl (C=O) groups is 1. The van der Waals surface area contributed by atoms with Gasteiger partial charge in [-0.3, -0.25) is 0 Å². The monoisotopic (exact) mass is 360 g/mol. The van der Waals surface area contributed by atoms with Crippen LogP contribution in [0.3, 0.4) is 0 Å². The first-order chi connectivity index (χ1) is 12.6. The number of anilines is 1. The van der Waals surface area contributed by atoms with Crippen molar-refractivity contribution in [1.82, 2.24) is 5.32 Å². The number of nitrogens with one attached hydrogen (secondary N) is 2. The molecule has 2 amide bonds. The van der Waals surface area contributed by atoms with Crippen molar-refractivity contribution in [2.24, 2.45) is 0 Å². The number of methoxy groups -OCH3 is 4. The molecule has 0 unspecified atom stereocenters. The van der Waals surface area contributed by atoms with E-state index in [4.69, 9.17) is 18.9 Å². The molecule has 0 spiro atoms. The van der Waals surface area contributed by atoms with Crippen molar-refractivity contribution in [3.8, 4) is 23.0 Å². The highest BCUT2D eigenvalue weighted by Crippen LogP contribution is 2.39. The molecule has 2 rings (SSSR count). The number of carbonyl (C=O) groups excluding carboxylic acids is 1. The normalized spacial score (nSPS) is 10.0. The fraction of sp³-hybridized carbons (Fsp3) is 0.316. The molecule has 140 valence electrons. The Balaban J connectivity index is 1.97. The summed E-state index contributed by atoms with van der Waals surface area (Å²) in [5, 5.41) is 5.58. The maximum Gasteiger partial charge on any atom is 0.319 e. The summed E-state index contributed by atoms with van der Waals surface area (Å²) >= 11 is 0. The Hall–Kier alpha value is -3.09. The molecule has 0 bridgehead atoms. The van der Waals surface area contributed by atoms with Crippen LogP contribution in [0.25, 0.3) is 0 Å². The van der Waals surface area contributed by atoms with E-state index in [1.54, 1.807) is 19.2 Å². The third-order valence-electron chi connectivity index (χ3n) is 3.80. The minimum absolute atomic E-state index is 0.325. The lowest BCUT2D eigenvalue weighted by molar-refractivity contribution is 0.252. The van der Waals surface area contributed by atoms with E-state index in [0.717, 1.165) is 11.3 Å². The third kappa shape index (κ3) is 4.72. The largest absolute Gasteiger partial charge is 0.496 e. The lowest BCUT2D eigenvalue weighted by Crippen LogP contribution is -2.30. The van der Waals surface area contributed by atoms with Gasteiger partial charge >= 0.3 is 6.03 Å². The number of hydrogen-bond acceptors (Lipinski definition) is 5. The lowest BCUT2D eigenvalue weighted by Gasteiger charge is -2.15. The first kappa shape index (κ1) is 19.2. The van der Waals surface area contributed by atoms with E-state index in [-0.39, 0.29) is 6.03 Å². The Morgan fingerprint density at radius 2 is 1.50 bits per heavy atom. The van der Waals surface area contributed by atoms with Crippen LogP contribution < -0.4 is 29.6 Å². The summed E-state index contributed by atoms with van der Waals surface area (Å²) < 4.78 is 21.1. The molecule has 26 heavy (non-hydrogen) atoms. The Kier molecular flexibility index (Phi) is 6.96. The zero-order chi connectivity index (χ0) is 18.9. The molecule has 0 aliphatic carbocycles. The van der Waals surface area contributed by atoms with Gasteiger partial charge in [-0.15, -0.1) is 0 Å². The van der Waals surface area contributed by atoms with Crippen molar-refractivity contribution < 1.29 is 23.7 Å². The van der Waals surface area contributed by atoms with Crippen molar-refractivity contribution in [2.75, 3.05) is 40.3 Å². The molecule has 7 heteroatoms. The predicted molar refractivity (Wildman–Crippen MR) is 99.8 cm³/mol. The predicted octanol–water partition coefficient (Wildman–Crippen LogP) is 3.09. The number of hydrogen-bond donors (Lipinski definition) is 2. The Bertz CT molecular complexity index is 723. The van der Waals surface area contributed by atoms with E-state index < -0.39 is 0 Å². The second-order valence-electron chi connectivity index (χ2n) is 5.36. The van der Waals surface area contributed by atoms with Gasteiger partial charge in [0.05, 0.1) is 34.1 Å². The highest BCUT2D eigenvalue weighted by Gasteiger charge is 2.14.